The third-order valence-electron chi connectivity index (χ3n) is 5.83. The highest BCUT2D eigenvalue weighted by Gasteiger charge is 2.26. The van der Waals surface area contributed by atoms with Crippen LogP contribution in [0.4, 0.5) is 19.3 Å². The molecule has 0 aliphatic heterocycles. The van der Waals surface area contributed by atoms with E-state index in [1.54, 1.807) is 13.0 Å². The number of carbonyl (C=O) groups excluding carboxylic acids is 1. The summed E-state index contributed by atoms with van der Waals surface area (Å²) in [7, 11) is 0. The smallest absolute Gasteiger partial charge is 0.377 e. The first-order valence-electron chi connectivity index (χ1n) is 11.5. The Balaban J connectivity index is 1.67. The van der Waals surface area contributed by atoms with Crippen LogP contribution >= 0.6 is 0 Å². The number of aromatic nitrogens is 4. The van der Waals surface area contributed by atoms with E-state index in [4.69, 9.17) is 0 Å². The molecule has 1 N–H and O–H groups in total. The van der Waals surface area contributed by atoms with Gasteiger partial charge in [-0.3, -0.25) is 4.90 Å². The second-order valence-corrected chi connectivity index (χ2v) is 8.34. The second kappa shape index (κ2) is 10.9. The van der Waals surface area contributed by atoms with Gasteiger partial charge in [0.25, 0.3) is 0 Å². The van der Waals surface area contributed by atoms with Gasteiger partial charge in [0.2, 0.25) is 0 Å². The number of aromatic carboxylic acids is 1. The van der Waals surface area contributed by atoms with Crippen molar-refractivity contribution in [2.75, 3.05) is 11.4 Å². The van der Waals surface area contributed by atoms with E-state index in [0.717, 1.165) is 30.2 Å². The SMILES string of the molecule is Cc1ccc(C(=O)O)cc1N(CCCCc1ccccc1)C(=O)n1nnn(-c2c(F)cccc2F)c1=O. The molecule has 0 saturated heterocycles. The molecule has 1 amide bonds. The van der Waals surface area contributed by atoms with Gasteiger partial charge in [0.15, 0.2) is 11.6 Å². The van der Waals surface area contributed by atoms with Gasteiger partial charge >= 0.3 is 17.7 Å². The number of hydrogen-bond donors (Lipinski definition) is 1. The van der Waals surface area contributed by atoms with Crippen LogP contribution in [0, 0.1) is 18.6 Å². The number of amides is 1. The number of para-hydroxylation sites is 1. The molecule has 4 aromatic rings. The van der Waals surface area contributed by atoms with Crippen molar-refractivity contribution in [3.8, 4) is 5.69 Å². The summed E-state index contributed by atoms with van der Waals surface area (Å²) in [6.45, 7) is 1.82. The van der Waals surface area contributed by atoms with E-state index in [0.29, 0.717) is 27.8 Å². The minimum Gasteiger partial charge on any atom is -0.478 e. The number of tetrazole rings is 1. The monoisotopic (exact) mass is 507 g/mol. The Morgan fingerprint density at radius 3 is 2.32 bits per heavy atom. The van der Waals surface area contributed by atoms with Crippen molar-refractivity contribution in [3.05, 3.63) is 106 Å². The molecular formula is C26H23F2N5O4. The zero-order valence-electron chi connectivity index (χ0n) is 19.8. The third kappa shape index (κ3) is 5.45. The normalized spacial score (nSPS) is 10.9. The van der Waals surface area contributed by atoms with Gasteiger partial charge in [0, 0.05) is 12.2 Å². The quantitative estimate of drug-likeness (QED) is 0.283. The van der Waals surface area contributed by atoms with Crippen LogP contribution in [0.1, 0.15) is 34.3 Å². The van der Waals surface area contributed by atoms with Gasteiger partial charge in [-0.05, 0) is 72.0 Å². The van der Waals surface area contributed by atoms with Crippen molar-refractivity contribution in [2.24, 2.45) is 0 Å². The Bertz CT molecular complexity index is 1480. The van der Waals surface area contributed by atoms with Crippen LogP contribution < -0.4 is 10.6 Å². The summed E-state index contributed by atoms with van der Waals surface area (Å²) in [5.41, 5.74) is -0.00639. The molecule has 0 radical (unpaired) electrons. The standard InChI is InChI=1S/C26H23F2N5O4/c1-17-13-14-19(24(34)35)16-22(17)31(15-6-5-10-18-8-3-2-4-9-18)25(36)33-26(37)32(29-30-33)23-20(27)11-7-12-21(23)28/h2-4,7-9,11-14,16H,5-6,10,15H2,1H3,(H,34,35). The summed E-state index contributed by atoms with van der Waals surface area (Å²) in [6, 6.07) is 16.1. The van der Waals surface area contributed by atoms with Crippen molar-refractivity contribution in [1.29, 1.82) is 0 Å². The molecule has 4 rings (SSSR count). The van der Waals surface area contributed by atoms with Crippen molar-refractivity contribution in [2.45, 2.75) is 26.2 Å². The van der Waals surface area contributed by atoms with Crippen molar-refractivity contribution in [1.82, 2.24) is 19.8 Å². The van der Waals surface area contributed by atoms with Crippen LogP contribution in [0.15, 0.2) is 71.5 Å². The number of carboxylic acid groups (broad SMARTS) is 1. The molecule has 0 fully saturated rings. The van der Waals surface area contributed by atoms with E-state index in [-0.39, 0.29) is 17.8 Å². The molecule has 190 valence electrons. The summed E-state index contributed by atoms with van der Waals surface area (Å²) in [5, 5.41) is 16.5. The van der Waals surface area contributed by atoms with E-state index in [1.165, 1.54) is 17.0 Å². The molecule has 0 spiro atoms. The number of anilines is 1. The Kier molecular flexibility index (Phi) is 7.52. The molecule has 9 nitrogen and oxygen atoms in total. The number of nitrogens with zero attached hydrogens (tertiary/aromatic N) is 5. The van der Waals surface area contributed by atoms with Gasteiger partial charge in [-0.25, -0.2) is 23.2 Å². The van der Waals surface area contributed by atoms with Crippen molar-refractivity contribution in [3.63, 3.8) is 0 Å². The highest BCUT2D eigenvalue weighted by molar-refractivity contribution is 5.96. The maximum Gasteiger partial charge on any atom is 0.377 e. The highest BCUT2D eigenvalue weighted by atomic mass is 19.1. The van der Waals surface area contributed by atoms with Crippen LogP contribution in [0.3, 0.4) is 0 Å². The van der Waals surface area contributed by atoms with Gasteiger partial charge in [-0.15, -0.1) is 4.68 Å². The summed E-state index contributed by atoms with van der Waals surface area (Å²) in [5.74, 6) is -3.29. The zero-order valence-corrected chi connectivity index (χ0v) is 19.8. The first-order chi connectivity index (χ1) is 17.8. The summed E-state index contributed by atoms with van der Waals surface area (Å²) in [6.07, 6.45) is 1.97. The van der Waals surface area contributed by atoms with Crippen LogP contribution in [0.2, 0.25) is 0 Å². The van der Waals surface area contributed by atoms with Crippen LogP contribution in [0.5, 0.6) is 0 Å². The van der Waals surface area contributed by atoms with E-state index in [9.17, 15) is 28.3 Å². The number of carbonyl (C=O) groups is 2. The molecular weight excluding hydrogens is 484 g/mol. The first kappa shape index (κ1) is 25.4. The topological polar surface area (TPSA) is 110 Å². The molecule has 3 aromatic carbocycles. The number of unbranched alkanes of at least 4 members (excludes halogenated alkanes) is 1. The lowest BCUT2D eigenvalue weighted by Crippen LogP contribution is -2.42. The molecule has 0 saturated carbocycles. The fourth-order valence-corrected chi connectivity index (χ4v) is 3.91. The largest absolute Gasteiger partial charge is 0.478 e. The number of halogens is 2. The predicted molar refractivity (Wildman–Crippen MR) is 131 cm³/mol. The maximum atomic E-state index is 14.2. The first-order valence-corrected chi connectivity index (χ1v) is 11.5. The van der Waals surface area contributed by atoms with Crippen LogP contribution in [-0.2, 0) is 6.42 Å². The van der Waals surface area contributed by atoms with E-state index in [2.05, 4.69) is 10.4 Å². The van der Waals surface area contributed by atoms with E-state index in [1.807, 2.05) is 30.3 Å². The average molecular weight is 507 g/mol. The lowest BCUT2D eigenvalue weighted by molar-refractivity contribution is 0.0697. The molecule has 0 aliphatic carbocycles. The van der Waals surface area contributed by atoms with Gasteiger partial charge in [0.05, 0.1) is 5.56 Å². The summed E-state index contributed by atoms with van der Waals surface area (Å²) in [4.78, 5) is 39.3. The predicted octanol–water partition coefficient (Wildman–Crippen LogP) is 4.21. The number of carboxylic acids is 1. The van der Waals surface area contributed by atoms with Crippen molar-refractivity contribution >= 4 is 17.7 Å². The Morgan fingerprint density at radius 1 is 0.946 bits per heavy atom. The van der Waals surface area contributed by atoms with Gasteiger partial charge in [-0.2, -0.15) is 4.68 Å². The number of benzene rings is 3. The fraction of sp³-hybridized carbons (Fsp3) is 0.192. The molecule has 0 bridgehead atoms. The van der Waals surface area contributed by atoms with Gasteiger partial charge in [0.1, 0.15) is 5.69 Å². The Morgan fingerprint density at radius 2 is 1.65 bits per heavy atom. The fourth-order valence-electron chi connectivity index (χ4n) is 3.91. The maximum absolute atomic E-state index is 14.2. The van der Waals surface area contributed by atoms with E-state index >= 15 is 0 Å². The molecule has 0 unspecified atom stereocenters. The molecule has 11 heteroatoms. The summed E-state index contributed by atoms with van der Waals surface area (Å²) < 4.78 is 29.3. The molecule has 0 atom stereocenters. The van der Waals surface area contributed by atoms with Gasteiger partial charge < -0.3 is 5.11 Å². The summed E-state index contributed by atoms with van der Waals surface area (Å²) >= 11 is 0. The van der Waals surface area contributed by atoms with Crippen LogP contribution in [0.25, 0.3) is 5.69 Å². The average Bonchev–Trinajstić information content (AvgIpc) is 3.25. The number of aryl methyl sites for hydroxylation is 2. The molecule has 1 heterocycles. The highest BCUT2D eigenvalue weighted by Crippen LogP contribution is 2.24. The minimum atomic E-state index is -1.18. The molecule has 37 heavy (non-hydrogen) atoms. The minimum absolute atomic E-state index is 0.0490. The third-order valence-corrected chi connectivity index (χ3v) is 5.83. The molecule has 1 aromatic heterocycles. The zero-order chi connectivity index (χ0) is 26.5. The Hall–Kier alpha value is -4.67. The lowest BCUT2D eigenvalue weighted by Gasteiger charge is -2.24. The number of rotatable bonds is 8. The lowest BCUT2D eigenvalue weighted by atomic mass is 10.1. The van der Waals surface area contributed by atoms with Crippen LogP contribution in [-0.4, -0.2) is 43.4 Å². The van der Waals surface area contributed by atoms with E-state index < -0.39 is 35.0 Å². The molecule has 0 aliphatic rings. The van der Waals surface area contributed by atoms with Gasteiger partial charge in [-0.1, -0.05) is 42.5 Å². The second-order valence-electron chi connectivity index (χ2n) is 8.34. The van der Waals surface area contributed by atoms with Crippen molar-refractivity contribution < 1.29 is 23.5 Å². The Labute approximate surface area is 210 Å². The number of hydrogen-bond acceptors (Lipinski definition) is 5.